The predicted octanol–water partition coefficient (Wildman–Crippen LogP) is 4.62. The van der Waals surface area contributed by atoms with E-state index in [2.05, 4.69) is 40.1 Å². The van der Waals surface area contributed by atoms with Crippen LogP contribution >= 0.6 is 0 Å². The molecule has 2 atom stereocenters. The summed E-state index contributed by atoms with van der Waals surface area (Å²) in [6.07, 6.45) is 9.85. The summed E-state index contributed by atoms with van der Waals surface area (Å²) in [6, 6.07) is 0.740. The van der Waals surface area contributed by atoms with E-state index in [9.17, 15) is 0 Å². The lowest BCUT2D eigenvalue weighted by Crippen LogP contribution is -2.43. The highest BCUT2D eigenvalue weighted by atomic mass is 14.9. The first-order valence-electron chi connectivity index (χ1n) is 7.64. The van der Waals surface area contributed by atoms with Crippen LogP contribution in [0.1, 0.15) is 72.6 Å². The highest BCUT2D eigenvalue weighted by Crippen LogP contribution is 2.43. The Morgan fingerprint density at radius 3 is 2.41 bits per heavy atom. The molecule has 0 radical (unpaired) electrons. The van der Waals surface area contributed by atoms with Crippen LogP contribution in [0.5, 0.6) is 0 Å². The molecule has 0 spiro atoms. The molecule has 1 saturated carbocycles. The molecule has 0 aromatic heterocycles. The van der Waals surface area contributed by atoms with Gasteiger partial charge >= 0.3 is 0 Å². The van der Waals surface area contributed by atoms with Crippen molar-refractivity contribution in [1.29, 1.82) is 0 Å². The molecule has 1 aliphatic rings. The summed E-state index contributed by atoms with van der Waals surface area (Å²) < 4.78 is 0. The summed E-state index contributed by atoms with van der Waals surface area (Å²) in [6.45, 7) is 9.62. The van der Waals surface area contributed by atoms with Gasteiger partial charge in [-0.15, -0.1) is 0 Å². The zero-order chi connectivity index (χ0) is 12.9. The van der Waals surface area contributed by atoms with Crippen LogP contribution in [-0.2, 0) is 0 Å². The Labute approximate surface area is 109 Å². The molecule has 17 heavy (non-hydrogen) atoms. The van der Waals surface area contributed by atoms with E-state index in [4.69, 9.17) is 0 Å². The minimum atomic E-state index is 0.545. The van der Waals surface area contributed by atoms with Crippen molar-refractivity contribution in [1.82, 2.24) is 5.32 Å². The Morgan fingerprint density at radius 2 is 1.88 bits per heavy atom. The van der Waals surface area contributed by atoms with Crippen LogP contribution in [0.2, 0.25) is 0 Å². The van der Waals surface area contributed by atoms with Crippen LogP contribution in [0.25, 0.3) is 0 Å². The lowest BCUT2D eigenvalue weighted by atomic mass is 9.65. The minimum absolute atomic E-state index is 0.545. The van der Waals surface area contributed by atoms with Gasteiger partial charge in [0.15, 0.2) is 0 Å². The molecule has 1 nitrogen and oxygen atoms in total. The van der Waals surface area contributed by atoms with E-state index in [1.165, 1.54) is 44.9 Å². The van der Waals surface area contributed by atoms with Crippen molar-refractivity contribution in [3.05, 3.63) is 0 Å². The molecule has 0 aromatic rings. The molecule has 2 unspecified atom stereocenters. The Hall–Kier alpha value is -0.0400. The molecule has 1 fully saturated rings. The van der Waals surface area contributed by atoms with Gasteiger partial charge in [0.25, 0.3) is 0 Å². The molecule has 102 valence electrons. The van der Waals surface area contributed by atoms with E-state index in [1.807, 2.05) is 0 Å². The molecule has 0 saturated heterocycles. The SMILES string of the molecule is CNC(CCCC(C)C)C1CCCCC1(C)C. The molecular formula is C16H33N. The molecular weight excluding hydrogens is 206 g/mol. The van der Waals surface area contributed by atoms with E-state index < -0.39 is 0 Å². The Kier molecular flexibility index (Phi) is 5.99. The third kappa shape index (κ3) is 4.62. The molecule has 1 aliphatic carbocycles. The Balaban J connectivity index is 2.47. The monoisotopic (exact) mass is 239 g/mol. The molecule has 0 heterocycles. The van der Waals surface area contributed by atoms with Gasteiger partial charge in [0.2, 0.25) is 0 Å². The second kappa shape index (κ2) is 6.78. The predicted molar refractivity (Wildman–Crippen MR) is 77.3 cm³/mol. The second-order valence-corrected chi connectivity index (χ2v) is 7.06. The van der Waals surface area contributed by atoms with Gasteiger partial charge < -0.3 is 5.32 Å². The van der Waals surface area contributed by atoms with Gasteiger partial charge in [-0.25, -0.2) is 0 Å². The van der Waals surface area contributed by atoms with Crippen molar-refractivity contribution in [3.8, 4) is 0 Å². The molecule has 0 aromatic carbocycles. The highest BCUT2D eigenvalue weighted by molar-refractivity contribution is 4.89. The van der Waals surface area contributed by atoms with Crippen molar-refractivity contribution in [3.63, 3.8) is 0 Å². The largest absolute Gasteiger partial charge is 0.317 e. The summed E-state index contributed by atoms with van der Waals surface area (Å²) >= 11 is 0. The molecule has 0 bridgehead atoms. The second-order valence-electron chi connectivity index (χ2n) is 7.06. The smallest absolute Gasteiger partial charge is 0.00974 e. The van der Waals surface area contributed by atoms with Crippen LogP contribution in [-0.4, -0.2) is 13.1 Å². The van der Waals surface area contributed by atoms with Crippen LogP contribution in [0.15, 0.2) is 0 Å². The van der Waals surface area contributed by atoms with E-state index in [-0.39, 0.29) is 0 Å². The van der Waals surface area contributed by atoms with Gasteiger partial charge in [-0.3, -0.25) is 0 Å². The van der Waals surface area contributed by atoms with Gasteiger partial charge in [0, 0.05) is 6.04 Å². The van der Waals surface area contributed by atoms with E-state index in [1.54, 1.807) is 0 Å². The highest BCUT2D eigenvalue weighted by Gasteiger charge is 2.36. The fourth-order valence-corrected chi connectivity index (χ4v) is 3.56. The molecule has 1 rings (SSSR count). The van der Waals surface area contributed by atoms with Gasteiger partial charge in [-0.2, -0.15) is 0 Å². The average molecular weight is 239 g/mol. The fraction of sp³-hybridized carbons (Fsp3) is 1.00. The van der Waals surface area contributed by atoms with Crippen LogP contribution < -0.4 is 5.32 Å². The first-order chi connectivity index (χ1) is 7.97. The number of hydrogen-bond acceptors (Lipinski definition) is 1. The van der Waals surface area contributed by atoms with Crippen molar-refractivity contribution in [2.75, 3.05) is 7.05 Å². The first kappa shape index (κ1) is 15.0. The summed E-state index contributed by atoms with van der Waals surface area (Å²) in [4.78, 5) is 0. The van der Waals surface area contributed by atoms with Gasteiger partial charge in [0.1, 0.15) is 0 Å². The van der Waals surface area contributed by atoms with Gasteiger partial charge in [-0.05, 0) is 43.6 Å². The minimum Gasteiger partial charge on any atom is -0.317 e. The quantitative estimate of drug-likeness (QED) is 0.713. The third-order valence-corrected chi connectivity index (χ3v) is 4.74. The Bertz CT molecular complexity index is 208. The van der Waals surface area contributed by atoms with Crippen molar-refractivity contribution in [2.24, 2.45) is 17.3 Å². The summed E-state index contributed by atoms with van der Waals surface area (Å²) in [5.41, 5.74) is 0.545. The first-order valence-corrected chi connectivity index (χ1v) is 7.64. The molecule has 1 N–H and O–H groups in total. The standard InChI is InChI=1S/C16H33N/c1-13(2)9-8-11-15(17-5)14-10-6-7-12-16(14,3)4/h13-15,17H,6-12H2,1-5H3. The lowest BCUT2D eigenvalue weighted by Gasteiger charge is -2.43. The maximum absolute atomic E-state index is 3.60. The van der Waals surface area contributed by atoms with E-state index >= 15 is 0 Å². The zero-order valence-electron chi connectivity index (χ0n) is 12.7. The molecule has 1 heteroatoms. The maximum atomic E-state index is 3.60. The topological polar surface area (TPSA) is 12.0 Å². The molecule has 0 amide bonds. The molecule has 0 aliphatic heterocycles. The van der Waals surface area contributed by atoms with E-state index in [0.717, 1.165) is 17.9 Å². The summed E-state index contributed by atoms with van der Waals surface area (Å²) in [5, 5.41) is 3.60. The fourth-order valence-electron chi connectivity index (χ4n) is 3.56. The number of nitrogens with one attached hydrogen (secondary N) is 1. The van der Waals surface area contributed by atoms with Crippen LogP contribution in [0, 0.1) is 17.3 Å². The van der Waals surface area contributed by atoms with Crippen LogP contribution in [0.4, 0.5) is 0 Å². The number of rotatable bonds is 6. The van der Waals surface area contributed by atoms with Crippen molar-refractivity contribution < 1.29 is 0 Å². The normalized spacial score (nSPS) is 26.1. The number of hydrogen-bond donors (Lipinski definition) is 1. The van der Waals surface area contributed by atoms with Crippen molar-refractivity contribution in [2.45, 2.75) is 78.7 Å². The van der Waals surface area contributed by atoms with Crippen LogP contribution in [0.3, 0.4) is 0 Å². The Morgan fingerprint density at radius 1 is 1.18 bits per heavy atom. The summed E-state index contributed by atoms with van der Waals surface area (Å²) in [5.74, 6) is 1.74. The van der Waals surface area contributed by atoms with Gasteiger partial charge in [-0.1, -0.05) is 53.4 Å². The van der Waals surface area contributed by atoms with E-state index in [0.29, 0.717) is 5.41 Å². The zero-order valence-corrected chi connectivity index (χ0v) is 12.7. The average Bonchev–Trinajstić information content (AvgIpc) is 2.24. The maximum Gasteiger partial charge on any atom is 0.00974 e. The summed E-state index contributed by atoms with van der Waals surface area (Å²) in [7, 11) is 2.16. The third-order valence-electron chi connectivity index (χ3n) is 4.74. The lowest BCUT2D eigenvalue weighted by molar-refractivity contribution is 0.0963. The van der Waals surface area contributed by atoms with Crippen molar-refractivity contribution >= 4 is 0 Å². The van der Waals surface area contributed by atoms with Gasteiger partial charge in [0.05, 0.1) is 0 Å².